The normalized spacial score (nSPS) is 10.6. The number of aliphatic carboxylic acids is 1. The lowest BCUT2D eigenvalue weighted by Gasteiger charge is -2.22. The van der Waals surface area contributed by atoms with Crippen LogP contribution in [0.1, 0.15) is 25.0 Å². The molecule has 0 radical (unpaired) electrons. The molecule has 1 aromatic heterocycles. The third kappa shape index (κ3) is 4.68. The number of carbonyl (C=O) groups is 2. The smallest absolute Gasteiger partial charge is 0.307 e. The summed E-state index contributed by atoms with van der Waals surface area (Å²) >= 11 is 0. The average Bonchev–Trinajstić information content (AvgIpc) is 3.26. The number of carboxylic acids is 1. The van der Waals surface area contributed by atoms with Crippen molar-refractivity contribution in [3.63, 3.8) is 0 Å². The van der Waals surface area contributed by atoms with Crippen LogP contribution >= 0.6 is 0 Å². The number of amides is 1. The molecule has 3 aromatic rings. The minimum atomic E-state index is -0.898. The summed E-state index contributed by atoms with van der Waals surface area (Å²) in [5.41, 5.74) is 4.11. The van der Waals surface area contributed by atoms with Gasteiger partial charge in [-0.15, -0.1) is 0 Å². The lowest BCUT2D eigenvalue weighted by Crippen LogP contribution is -2.28. The van der Waals surface area contributed by atoms with Crippen molar-refractivity contribution in [1.29, 1.82) is 0 Å². The molecule has 0 saturated carbocycles. The van der Waals surface area contributed by atoms with Crippen molar-refractivity contribution in [2.75, 3.05) is 13.7 Å². The van der Waals surface area contributed by atoms with Crippen LogP contribution in [0.2, 0.25) is 0 Å². The van der Waals surface area contributed by atoms with Crippen LogP contribution in [0.25, 0.3) is 16.8 Å². The third-order valence-corrected chi connectivity index (χ3v) is 4.96. The highest BCUT2D eigenvalue weighted by molar-refractivity contribution is 5.79. The van der Waals surface area contributed by atoms with Crippen molar-refractivity contribution < 1.29 is 19.4 Å². The maximum Gasteiger partial charge on any atom is 0.307 e. The number of carboxylic acid groups (broad SMARTS) is 1. The van der Waals surface area contributed by atoms with Crippen LogP contribution < -0.4 is 4.74 Å². The van der Waals surface area contributed by atoms with E-state index in [0.717, 1.165) is 22.4 Å². The topological polar surface area (TPSA) is 84.7 Å². The fourth-order valence-electron chi connectivity index (χ4n) is 3.42. The average molecular weight is 407 g/mol. The second-order valence-corrected chi connectivity index (χ2v) is 6.93. The zero-order valence-corrected chi connectivity index (χ0v) is 17.3. The van der Waals surface area contributed by atoms with Crippen molar-refractivity contribution in [2.45, 2.75) is 26.8 Å². The Bertz CT molecular complexity index is 1040. The summed E-state index contributed by atoms with van der Waals surface area (Å²) in [5, 5.41) is 13.5. The van der Waals surface area contributed by atoms with Crippen LogP contribution in [0.4, 0.5) is 0 Å². The Balaban J connectivity index is 2.17. The minimum absolute atomic E-state index is 0.00815. The van der Waals surface area contributed by atoms with Crippen LogP contribution in [0.5, 0.6) is 5.75 Å². The van der Waals surface area contributed by atoms with Gasteiger partial charge in [0, 0.05) is 38.0 Å². The highest BCUT2D eigenvalue weighted by atomic mass is 16.5. The maximum atomic E-state index is 12.0. The minimum Gasteiger partial charge on any atom is -0.496 e. The molecule has 1 heterocycles. The van der Waals surface area contributed by atoms with Crippen molar-refractivity contribution in [2.24, 2.45) is 0 Å². The van der Waals surface area contributed by atoms with E-state index in [2.05, 4.69) is 5.10 Å². The first kappa shape index (κ1) is 21.1. The molecule has 7 heteroatoms. The van der Waals surface area contributed by atoms with E-state index in [4.69, 9.17) is 4.74 Å². The van der Waals surface area contributed by atoms with E-state index in [9.17, 15) is 14.7 Å². The first-order chi connectivity index (χ1) is 14.4. The van der Waals surface area contributed by atoms with Gasteiger partial charge in [-0.3, -0.25) is 9.59 Å². The number of nitrogens with zero attached hydrogens (tertiary/aromatic N) is 3. The molecule has 0 saturated heterocycles. The maximum absolute atomic E-state index is 12.0. The van der Waals surface area contributed by atoms with Crippen LogP contribution in [0.3, 0.4) is 0 Å². The van der Waals surface area contributed by atoms with Crippen molar-refractivity contribution in [1.82, 2.24) is 14.7 Å². The molecule has 3 rings (SSSR count). The molecular formula is C23H25N3O4. The zero-order chi connectivity index (χ0) is 21.7. The van der Waals surface area contributed by atoms with Gasteiger partial charge in [0.25, 0.3) is 0 Å². The van der Waals surface area contributed by atoms with Crippen molar-refractivity contribution in [3.8, 4) is 22.6 Å². The number of carbonyl (C=O) groups excluding carboxylic acids is 1. The number of hydrogen-bond donors (Lipinski definition) is 1. The Morgan fingerprint density at radius 3 is 2.57 bits per heavy atom. The van der Waals surface area contributed by atoms with Gasteiger partial charge >= 0.3 is 5.97 Å². The van der Waals surface area contributed by atoms with E-state index in [1.807, 2.05) is 43.5 Å². The van der Waals surface area contributed by atoms with Crippen molar-refractivity contribution >= 4 is 11.9 Å². The van der Waals surface area contributed by atoms with Gasteiger partial charge in [-0.2, -0.15) is 5.10 Å². The molecule has 0 aliphatic heterocycles. The number of methoxy groups -OCH3 is 1. The molecule has 0 atom stereocenters. The summed E-state index contributed by atoms with van der Waals surface area (Å²) in [6.45, 7) is 4.52. The molecule has 0 fully saturated rings. The second-order valence-electron chi connectivity index (χ2n) is 6.93. The Morgan fingerprint density at radius 1 is 1.17 bits per heavy atom. The fourth-order valence-corrected chi connectivity index (χ4v) is 3.42. The Labute approximate surface area is 175 Å². The van der Waals surface area contributed by atoms with E-state index in [1.54, 1.807) is 41.9 Å². The molecule has 156 valence electrons. The fraction of sp³-hybridized carbons (Fsp3) is 0.261. The van der Waals surface area contributed by atoms with Gasteiger partial charge in [-0.1, -0.05) is 12.1 Å². The second kappa shape index (κ2) is 9.26. The van der Waals surface area contributed by atoms with Gasteiger partial charge in [0.05, 0.1) is 19.2 Å². The standard InChI is InChI=1S/C23H25N3O4/c1-4-25(16(2)27)15-18-7-8-19(26-11-5-10-24-26)14-20(18)21-12-17(13-23(28)29)6-9-22(21)30-3/h5-12,14H,4,13,15H2,1-3H3,(H,28,29). The molecule has 1 N–H and O–H groups in total. The molecule has 0 aliphatic rings. The number of aromatic nitrogens is 2. The summed E-state index contributed by atoms with van der Waals surface area (Å²) in [4.78, 5) is 25.0. The number of benzene rings is 2. The molecule has 1 amide bonds. The Kier molecular flexibility index (Phi) is 6.51. The summed E-state index contributed by atoms with van der Waals surface area (Å²) in [7, 11) is 1.58. The van der Waals surface area contributed by atoms with Crippen LogP contribution in [0, 0.1) is 0 Å². The lowest BCUT2D eigenvalue weighted by atomic mass is 9.95. The molecule has 0 unspecified atom stereocenters. The van der Waals surface area contributed by atoms with Gasteiger partial charge < -0.3 is 14.7 Å². The van der Waals surface area contributed by atoms with Gasteiger partial charge in [0.1, 0.15) is 5.75 Å². The van der Waals surface area contributed by atoms with E-state index in [0.29, 0.717) is 24.4 Å². The molecule has 0 spiro atoms. The van der Waals surface area contributed by atoms with E-state index in [-0.39, 0.29) is 12.3 Å². The molecule has 0 aliphatic carbocycles. The third-order valence-electron chi connectivity index (χ3n) is 4.96. The highest BCUT2D eigenvalue weighted by Gasteiger charge is 2.17. The molecule has 30 heavy (non-hydrogen) atoms. The lowest BCUT2D eigenvalue weighted by molar-refractivity contribution is -0.136. The van der Waals surface area contributed by atoms with Crippen LogP contribution in [0.15, 0.2) is 54.9 Å². The number of rotatable bonds is 8. The quantitative estimate of drug-likeness (QED) is 0.617. The molecule has 2 aromatic carbocycles. The summed E-state index contributed by atoms with van der Waals surface area (Å²) in [6.07, 6.45) is 3.47. The van der Waals surface area contributed by atoms with Crippen molar-refractivity contribution in [3.05, 3.63) is 66.0 Å². The predicted molar refractivity (Wildman–Crippen MR) is 114 cm³/mol. The predicted octanol–water partition coefficient (Wildman–Crippen LogP) is 3.54. The largest absolute Gasteiger partial charge is 0.496 e. The monoisotopic (exact) mass is 407 g/mol. The Morgan fingerprint density at radius 2 is 1.97 bits per heavy atom. The first-order valence-electron chi connectivity index (χ1n) is 9.70. The van der Waals surface area contributed by atoms with Gasteiger partial charge in [0.15, 0.2) is 0 Å². The Hall–Kier alpha value is -3.61. The van der Waals surface area contributed by atoms with Gasteiger partial charge in [0.2, 0.25) is 5.91 Å². The van der Waals surface area contributed by atoms with E-state index in [1.165, 1.54) is 0 Å². The zero-order valence-electron chi connectivity index (χ0n) is 17.3. The summed E-state index contributed by atoms with van der Waals surface area (Å²) in [6, 6.07) is 13.1. The SMILES string of the molecule is CCN(Cc1ccc(-n2cccn2)cc1-c1cc(CC(=O)O)ccc1OC)C(C)=O. The number of ether oxygens (including phenoxy) is 1. The van der Waals surface area contributed by atoms with E-state index < -0.39 is 5.97 Å². The summed E-state index contributed by atoms with van der Waals surface area (Å²) < 4.78 is 7.33. The van der Waals surface area contributed by atoms with Gasteiger partial charge in [-0.05, 0) is 53.9 Å². The van der Waals surface area contributed by atoms with Crippen LogP contribution in [-0.2, 0) is 22.6 Å². The van der Waals surface area contributed by atoms with Crippen LogP contribution in [-0.4, -0.2) is 45.3 Å². The number of hydrogen-bond acceptors (Lipinski definition) is 4. The summed E-state index contributed by atoms with van der Waals surface area (Å²) in [5.74, 6) is -0.273. The first-order valence-corrected chi connectivity index (χ1v) is 9.70. The van der Waals surface area contributed by atoms with E-state index >= 15 is 0 Å². The highest BCUT2D eigenvalue weighted by Crippen LogP contribution is 2.35. The molecule has 7 nitrogen and oxygen atoms in total. The molecule has 0 bridgehead atoms. The molecular weight excluding hydrogens is 382 g/mol. The van der Waals surface area contributed by atoms with Gasteiger partial charge in [-0.25, -0.2) is 4.68 Å².